The van der Waals surface area contributed by atoms with Crippen molar-refractivity contribution in [2.24, 2.45) is 5.73 Å². The molecule has 0 spiro atoms. The molecule has 1 heterocycles. The van der Waals surface area contributed by atoms with Gasteiger partial charge >= 0.3 is 6.03 Å². The summed E-state index contributed by atoms with van der Waals surface area (Å²) in [7, 11) is 0. The minimum atomic E-state index is -0.360. The highest BCUT2D eigenvalue weighted by atomic mass is 16.2. The van der Waals surface area contributed by atoms with E-state index >= 15 is 0 Å². The van der Waals surface area contributed by atoms with Crippen LogP contribution in [0.1, 0.15) is 17.3 Å². The number of anilines is 1. The highest BCUT2D eigenvalue weighted by molar-refractivity contribution is 5.94. The Labute approximate surface area is 106 Å². The Hall–Kier alpha value is -2.04. The van der Waals surface area contributed by atoms with Crippen molar-refractivity contribution in [1.82, 2.24) is 4.90 Å². The maximum atomic E-state index is 11.2. The summed E-state index contributed by atoms with van der Waals surface area (Å²) in [6.45, 7) is 4.37. The molecule has 1 aromatic carbocycles. The summed E-state index contributed by atoms with van der Waals surface area (Å²) in [4.78, 5) is 26.0. The van der Waals surface area contributed by atoms with Crippen molar-refractivity contribution in [2.45, 2.75) is 6.92 Å². The molecule has 0 unspecified atom stereocenters. The molecule has 0 bridgehead atoms. The van der Waals surface area contributed by atoms with E-state index < -0.39 is 0 Å². The van der Waals surface area contributed by atoms with Crippen LogP contribution in [0.25, 0.3) is 0 Å². The summed E-state index contributed by atoms with van der Waals surface area (Å²) < 4.78 is 0. The number of amides is 2. The number of urea groups is 1. The zero-order valence-corrected chi connectivity index (χ0v) is 10.4. The van der Waals surface area contributed by atoms with Gasteiger partial charge in [-0.2, -0.15) is 0 Å². The first-order chi connectivity index (χ1) is 8.58. The number of hydrogen-bond acceptors (Lipinski definition) is 3. The monoisotopic (exact) mass is 247 g/mol. The molecule has 18 heavy (non-hydrogen) atoms. The van der Waals surface area contributed by atoms with Crippen molar-refractivity contribution >= 4 is 17.5 Å². The summed E-state index contributed by atoms with van der Waals surface area (Å²) in [6, 6.07) is 7.19. The molecule has 96 valence electrons. The van der Waals surface area contributed by atoms with Crippen molar-refractivity contribution in [2.75, 3.05) is 31.1 Å². The van der Waals surface area contributed by atoms with Crippen LogP contribution in [-0.4, -0.2) is 42.9 Å². The Morgan fingerprint density at radius 3 is 2.06 bits per heavy atom. The molecule has 0 radical (unpaired) electrons. The lowest BCUT2D eigenvalue weighted by atomic mass is 10.1. The fraction of sp³-hybridized carbons (Fsp3) is 0.385. The second kappa shape index (κ2) is 5.08. The van der Waals surface area contributed by atoms with Crippen molar-refractivity contribution in [3.8, 4) is 0 Å². The minimum absolute atomic E-state index is 0.0695. The minimum Gasteiger partial charge on any atom is -0.368 e. The summed E-state index contributed by atoms with van der Waals surface area (Å²) >= 11 is 0. The predicted octanol–water partition coefficient (Wildman–Crippen LogP) is 1.09. The first-order valence-corrected chi connectivity index (χ1v) is 5.98. The van der Waals surface area contributed by atoms with Crippen LogP contribution >= 0.6 is 0 Å². The van der Waals surface area contributed by atoms with Crippen molar-refractivity contribution in [3.63, 3.8) is 0 Å². The van der Waals surface area contributed by atoms with Crippen LogP contribution in [0, 0.1) is 0 Å². The summed E-state index contributed by atoms with van der Waals surface area (Å²) in [6.07, 6.45) is 0. The number of ketones is 1. The lowest BCUT2D eigenvalue weighted by molar-refractivity contribution is 0.101. The van der Waals surface area contributed by atoms with E-state index in [-0.39, 0.29) is 11.8 Å². The lowest BCUT2D eigenvalue weighted by Crippen LogP contribution is -2.50. The zero-order chi connectivity index (χ0) is 13.1. The summed E-state index contributed by atoms with van der Waals surface area (Å²) in [5.74, 6) is 0.0695. The van der Waals surface area contributed by atoms with Gasteiger partial charge in [-0.3, -0.25) is 4.79 Å². The van der Waals surface area contributed by atoms with Crippen LogP contribution < -0.4 is 10.6 Å². The third-order valence-corrected chi connectivity index (χ3v) is 3.23. The average Bonchev–Trinajstić information content (AvgIpc) is 2.39. The number of benzene rings is 1. The number of nitrogens with two attached hydrogens (primary N) is 1. The highest BCUT2D eigenvalue weighted by Gasteiger charge is 2.19. The fourth-order valence-electron chi connectivity index (χ4n) is 2.09. The first kappa shape index (κ1) is 12.4. The molecule has 2 rings (SSSR count). The second-order valence-corrected chi connectivity index (χ2v) is 4.42. The Balaban J connectivity index is 2.01. The van der Waals surface area contributed by atoms with Crippen LogP contribution in [0.15, 0.2) is 24.3 Å². The molecule has 0 aromatic heterocycles. The summed E-state index contributed by atoms with van der Waals surface area (Å²) in [5.41, 5.74) is 7.03. The third-order valence-electron chi connectivity index (χ3n) is 3.23. The molecule has 5 nitrogen and oxygen atoms in total. The second-order valence-electron chi connectivity index (χ2n) is 4.42. The number of carbonyl (C=O) groups is 2. The van der Waals surface area contributed by atoms with Gasteiger partial charge in [0, 0.05) is 37.4 Å². The van der Waals surface area contributed by atoms with E-state index in [1.54, 1.807) is 11.8 Å². The average molecular weight is 247 g/mol. The topological polar surface area (TPSA) is 66.6 Å². The van der Waals surface area contributed by atoms with Gasteiger partial charge in [0.25, 0.3) is 0 Å². The summed E-state index contributed by atoms with van der Waals surface area (Å²) in [5, 5.41) is 0. The number of carbonyl (C=O) groups excluding carboxylic acids is 2. The fourth-order valence-corrected chi connectivity index (χ4v) is 2.09. The zero-order valence-electron chi connectivity index (χ0n) is 10.4. The van der Waals surface area contributed by atoms with Gasteiger partial charge in [-0.25, -0.2) is 4.79 Å². The number of nitrogens with zero attached hydrogens (tertiary/aromatic N) is 2. The van der Waals surface area contributed by atoms with E-state index in [9.17, 15) is 9.59 Å². The van der Waals surface area contributed by atoms with Gasteiger partial charge in [-0.05, 0) is 31.2 Å². The van der Waals surface area contributed by atoms with Crippen LogP contribution in [0.5, 0.6) is 0 Å². The molecule has 1 saturated heterocycles. The standard InChI is InChI=1S/C13H17N3O2/c1-10(17)11-2-4-12(5-3-11)15-6-8-16(9-7-15)13(14)18/h2-5H,6-9H2,1H3,(H2,14,18). The largest absolute Gasteiger partial charge is 0.368 e. The molecule has 1 aliphatic rings. The van der Waals surface area contributed by atoms with Gasteiger partial charge in [-0.15, -0.1) is 0 Å². The lowest BCUT2D eigenvalue weighted by Gasteiger charge is -2.35. The number of Topliss-reactive ketones (excluding diaryl/α,β-unsaturated/α-hetero) is 1. The third kappa shape index (κ3) is 2.61. The van der Waals surface area contributed by atoms with Gasteiger partial charge in [0.2, 0.25) is 0 Å². The Morgan fingerprint density at radius 2 is 1.61 bits per heavy atom. The molecule has 2 N–H and O–H groups in total. The number of primary amides is 1. The van der Waals surface area contributed by atoms with Gasteiger partial charge in [0.15, 0.2) is 5.78 Å². The molecule has 2 amide bonds. The van der Waals surface area contributed by atoms with E-state index in [0.717, 1.165) is 24.3 Å². The SMILES string of the molecule is CC(=O)c1ccc(N2CCN(C(N)=O)CC2)cc1. The quantitative estimate of drug-likeness (QED) is 0.795. The molecule has 0 aliphatic carbocycles. The first-order valence-electron chi connectivity index (χ1n) is 5.98. The van der Waals surface area contributed by atoms with E-state index in [1.807, 2.05) is 24.3 Å². The van der Waals surface area contributed by atoms with Crippen LogP contribution in [0.4, 0.5) is 10.5 Å². The smallest absolute Gasteiger partial charge is 0.314 e. The molecule has 1 aromatic rings. The van der Waals surface area contributed by atoms with E-state index in [4.69, 9.17) is 5.73 Å². The molecule has 5 heteroatoms. The number of hydrogen-bond donors (Lipinski definition) is 1. The number of rotatable bonds is 2. The van der Waals surface area contributed by atoms with Crippen LogP contribution in [0.3, 0.4) is 0 Å². The molecule has 1 fully saturated rings. The maximum absolute atomic E-state index is 11.2. The van der Waals surface area contributed by atoms with Gasteiger partial charge in [-0.1, -0.05) is 0 Å². The van der Waals surface area contributed by atoms with Gasteiger partial charge < -0.3 is 15.5 Å². The molecule has 1 aliphatic heterocycles. The van der Waals surface area contributed by atoms with E-state index in [2.05, 4.69) is 4.90 Å². The van der Waals surface area contributed by atoms with Crippen LogP contribution in [-0.2, 0) is 0 Å². The molecule has 0 atom stereocenters. The van der Waals surface area contributed by atoms with Gasteiger partial charge in [0.1, 0.15) is 0 Å². The van der Waals surface area contributed by atoms with Crippen molar-refractivity contribution in [3.05, 3.63) is 29.8 Å². The number of piperazine rings is 1. The predicted molar refractivity (Wildman–Crippen MR) is 69.8 cm³/mol. The molecular weight excluding hydrogens is 230 g/mol. The molecule has 0 saturated carbocycles. The maximum Gasteiger partial charge on any atom is 0.314 e. The Kier molecular flexibility index (Phi) is 3.50. The highest BCUT2D eigenvalue weighted by Crippen LogP contribution is 2.17. The normalized spacial score (nSPS) is 15.6. The van der Waals surface area contributed by atoms with Crippen molar-refractivity contribution < 1.29 is 9.59 Å². The van der Waals surface area contributed by atoms with Gasteiger partial charge in [0.05, 0.1) is 0 Å². The Bertz CT molecular complexity index is 448. The van der Waals surface area contributed by atoms with Crippen molar-refractivity contribution in [1.29, 1.82) is 0 Å². The molecular formula is C13H17N3O2. The van der Waals surface area contributed by atoms with Crippen LogP contribution in [0.2, 0.25) is 0 Å². The Morgan fingerprint density at radius 1 is 1.06 bits per heavy atom. The van der Waals surface area contributed by atoms with E-state index in [0.29, 0.717) is 13.1 Å². The van der Waals surface area contributed by atoms with E-state index in [1.165, 1.54) is 0 Å².